The Balaban J connectivity index is 0.00000400. The highest BCUT2D eigenvalue weighted by atomic mass is 35.5. The molecule has 0 saturated carbocycles. The molecular weight excluding hydrogens is 334 g/mol. The van der Waals surface area contributed by atoms with Crippen molar-refractivity contribution in [2.24, 2.45) is 5.73 Å². The Morgan fingerprint density at radius 3 is 2.62 bits per heavy atom. The van der Waals surface area contributed by atoms with E-state index in [1.54, 1.807) is 19.2 Å². The molecule has 0 bridgehead atoms. The fourth-order valence-electron chi connectivity index (χ4n) is 1.53. The number of sulfone groups is 1. The zero-order chi connectivity index (χ0) is 15.4. The van der Waals surface area contributed by atoms with Gasteiger partial charge in [0.2, 0.25) is 0 Å². The van der Waals surface area contributed by atoms with Crippen molar-refractivity contribution < 1.29 is 13.2 Å². The average molecular weight is 356 g/mol. The Labute approximate surface area is 135 Å². The minimum Gasteiger partial charge on any atom is -0.346 e. The molecule has 122 valence electrons. The van der Waals surface area contributed by atoms with Crippen LogP contribution in [0.2, 0.25) is 0 Å². The van der Waals surface area contributed by atoms with E-state index in [9.17, 15) is 13.2 Å². The van der Waals surface area contributed by atoms with Crippen molar-refractivity contribution in [3.05, 3.63) is 16.1 Å². The third-order valence-electron chi connectivity index (χ3n) is 2.69. The SMILES string of the molecule is CC(C)(CCS(C)(=O)=O)NC(=O)c1csc(CCN)n1.Cl. The second-order valence-corrected chi connectivity index (χ2v) is 8.59. The number of nitrogens with one attached hydrogen (secondary N) is 1. The molecule has 21 heavy (non-hydrogen) atoms. The van der Waals surface area contributed by atoms with Gasteiger partial charge >= 0.3 is 0 Å². The summed E-state index contributed by atoms with van der Waals surface area (Å²) in [4.78, 5) is 16.3. The number of nitrogens with zero attached hydrogens (tertiary/aromatic N) is 1. The zero-order valence-electron chi connectivity index (χ0n) is 12.4. The number of carbonyl (C=O) groups is 1. The smallest absolute Gasteiger partial charge is 0.271 e. The lowest BCUT2D eigenvalue weighted by Gasteiger charge is -2.25. The molecule has 1 rings (SSSR count). The van der Waals surface area contributed by atoms with Gasteiger partial charge in [0.15, 0.2) is 0 Å². The van der Waals surface area contributed by atoms with Crippen LogP contribution in [0.5, 0.6) is 0 Å². The maximum Gasteiger partial charge on any atom is 0.271 e. The highest BCUT2D eigenvalue weighted by molar-refractivity contribution is 7.90. The van der Waals surface area contributed by atoms with E-state index in [0.717, 1.165) is 5.01 Å². The lowest BCUT2D eigenvalue weighted by atomic mass is 10.0. The number of hydrogen-bond acceptors (Lipinski definition) is 6. The Hall–Kier alpha value is -0.700. The molecule has 9 heteroatoms. The van der Waals surface area contributed by atoms with Crippen molar-refractivity contribution in [1.82, 2.24) is 10.3 Å². The monoisotopic (exact) mass is 355 g/mol. The normalized spacial score (nSPS) is 11.8. The summed E-state index contributed by atoms with van der Waals surface area (Å²) in [6, 6.07) is 0. The lowest BCUT2D eigenvalue weighted by Crippen LogP contribution is -2.44. The molecule has 3 N–H and O–H groups in total. The first kappa shape index (κ1) is 20.3. The van der Waals surface area contributed by atoms with Gasteiger partial charge in [0.05, 0.1) is 10.8 Å². The van der Waals surface area contributed by atoms with Crippen LogP contribution in [0.4, 0.5) is 0 Å². The topological polar surface area (TPSA) is 102 Å². The molecule has 0 aliphatic heterocycles. The van der Waals surface area contributed by atoms with Crippen LogP contribution in [-0.4, -0.2) is 43.4 Å². The third kappa shape index (κ3) is 7.75. The van der Waals surface area contributed by atoms with Crippen LogP contribution in [0, 0.1) is 0 Å². The largest absolute Gasteiger partial charge is 0.346 e. The molecule has 0 atom stereocenters. The van der Waals surface area contributed by atoms with Gasteiger partial charge in [-0.15, -0.1) is 23.7 Å². The first-order valence-corrected chi connectivity index (χ1v) is 9.22. The van der Waals surface area contributed by atoms with Crippen LogP contribution in [0.15, 0.2) is 5.38 Å². The van der Waals surface area contributed by atoms with E-state index < -0.39 is 15.4 Å². The van der Waals surface area contributed by atoms with Crippen LogP contribution in [0.25, 0.3) is 0 Å². The maximum absolute atomic E-state index is 12.1. The van der Waals surface area contributed by atoms with E-state index in [4.69, 9.17) is 5.73 Å². The van der Waals surface area contributed by atoms with Crippen LogP contribution in [0.1, 0.15) is 35.8 Å². The van der Waals surface area contributed by atoms with Crippen LogP contribution in [0.3, 0.4) is 0 Å². The van der Waals surface area contributed by atoms with Gasteiger partial charge in [-0.1, -0.05) is 0 Å². The fraction of sp³-hybridized carbons (Fsp3) is 0.667. The zero-order valence-corrected chi connectivity index (χ0v) is 14.8. The second-order valence-electron chi connectivity index (χ2n) is 5.38. The molecule has 0 aliphatic rings. The standard InChI is InChI=1S/C12H21N3O3S2.ClH/c1-12(2,5-7-20(3,17)18)15-11(16)9-8-19-10(14-9)4-6-13;/h8H,4-7,13H2,1-3H3,(H,15,16);1H. The van der Waals surface area contributed by atoms with Gasteiger partial charge in [-0.2, -0.15) is 0 Å². The lowest BCUT2D eigenvalue weighted by molar-refractivity contribution is 0.0907. The highest BCUT2D eigenvalue weighted by Gasteiger charge is 2.24. The Kier molecular flexibility index (Phi) is 7.80. The van der Waals surface area contributed by atoms with Crippen molar-refractivity contribution >= 4 is 39.5 Å². The fourth-order valence-corrected chi connectivity index (χ4v) is 3.20. The quantitative estimate of drug-likeness (QED) is 0.759. The Bertz CT molecular complexity index is 570. The first-order valence-electron chi connectivity index (χ1n) is 6.28. The van der Waals surface area contributed by atoms with Gasteiger partial charge in [0.25, 0.3) is 5.91 Å². The van der Waals surface area contributed by atoms with E-state index in [-0.39, 0.29) is 24.1 Å². The average Bonchev–Trinajstić information content (AvgIpc) is 2.74. The van der Waals surface area contributed by atoms with Crippen molar-refractivity contribution in [2.75, 3.05) is 18.6 Å². The van der Waals surface area contributed by atoms with Gasteiger partial charge in [-0.05, 0) is 26.8 Å². The molecular formula is C12H22ClN3O3S2. The summed E-state index contributed by atoms with van der Waals surface area (Å²) >= 11 is 1.40. The molecule has 1 amide bonds. The van der Waals surface area contributed by atoms with E-state index >= 15 is 0 Å². The molecule has 0 aliphatic carbocycles. The molecule has 0 fully saturated rings. The van der Waals surface area contributed by atoms with Gasteiger partial charge in [0, 0.05) is 23.6 Å². The summed E-state index contributed by atoms with van der Waals surface area (Å²) in [5, 5.41) is 5.32. The number of aromatic nitrogens is 1. The summed E-state index contributed by atoms with van der Waals surface area (Å²) < 4.78 is 22.3. The Morgan fingerprint density at radius 2 is 2.10 bits per heavy atom. The van der Waals surface area contributed by atoms with Gasteiger partial charge < -0.3 is 11.1 Å². The number of nitrogens with two attached hydrogens (primary N) is 1. The molecule has 0 radical (unpaired) electrons. The summed E-state index contributed by atoms with van der Waals surface area (Å²) in [6.07, 6.45) is 2.19. The van der Waals surface area contributed by atoms with Crippen LogP contribution >= 0.6 is 23.7 Å². The number of hydrogen-bond donors (Lipinski definition) is 2. The van der Waals surface area contributed by atoms with Crippen molar-refractivity contribution in [2.45, 2.75) is 32.2 Å². The molecule has 6 nitrogen and oxygen atoms in total. The predicted molar refractivity (Wildman–Crippen MR) is 88.0 cm³/mol. The van der Waals surface area contributed by atoms with E-state index in [2.05, 4.69) is 10.3 Å². The molecule has 1 aromatic heterocycles. The van der Waals surface area contributed by atoms with Gasteiger partial charge in [-0.3, -0.25) is 4.79 Å². The van der Waals surface area contributed by atoms with E-state index in [0.29, 0.717) is 25.1 Å². The predicted octanol–water partition coefficient (Wildman–Crippen LogP) is 1.01. The minimum atomic E-state index is -3.04. The third-order valence-corrected chi connectivity index (χ3v) is 4.55. The number of halogens is 1. The summed E-state index contributed by atoms with van der Waals surface area (Å²) in [5.41, 5.74) is 5.19. The maximum atomic E-state index is 12.1. The molecule has 0 unspecified atom stereocenters. The van der Waals surface area contributed by atoms with Crippen LogP contribution < -0.4 is 11.1 Å². The molecule has 0 spiro atoms. The first-order chi connectivity index (χ1) is 9.13. The summed E-state index contributed by atoms with van der Waals surface area (Å²) in [5.74, 6) is -0.251. The molecule has 0 saturated heterocycles. The Morgan fingerprint density at radius 1 is 1.48 bits per heavy atom. The molecule has 0 aromatic carbocycles. The highest BCUT2D eigenvalue weighted by Crippen LogP contribution is 2.14. The number of carbonyl (C=O) groups excluding carboxylic acids is 1. The number of rotatable bonds is 7. The molecule has 1 heterocycles. The molecule has 1 aromatic rings. The summed E-state index contributed by atoms with van der Waals surface area (Å²) in [7, 11) is -3.04. The number of thiazole rings is 1. The second kappa shape index (κ2) is 8.07. The van der Waals surface area contributed by atoms with Crippen molar-refractivity contribution in [3.63, 3.8) is 0 Å². The summed E-state index contributed by atoms with van der Waals surface area (Å²) in [6.45, 7) is 4.08. The number of amides is 1. The van der Waals surface area contributed by atoms with E-state index in [1.807, 2.05) is 0 Å². The van der Waals surface area contributed by atoms with Crippen LogP contribution in [-0.2, 0) is 16.3 Å². The van der Waals surface area contributed by atoms with Crippen molar-refractivity contribution in [3.8, 4) is 0 Å². The minimum absolute atomic E-state index is 0. The van der Waals surface area contributed by atoms with E-state index in [1.165, 1.54) is 17.6 Å². The van der Waals surface area contributed by atoms with Crippen molar-refractivity contribution in [1.29, 1.82) is 0 Å². The van der Waals surface area contributed by atoms with Gasteiger partial charge in [-0.25, -0.2) is 13.4 Å². The van der Waals surface area contributed by atoms with Gasteiger partial charge in [0.1, 0.15) is 15.5 Å².